The quantitative estimate of drug-likeness (QED) is 0.334. The van der Waals surface area contributed by atoms with Crippen molar-refractivity contribution in [3.05, 3.63) is 76.0 Å². The van der Waals surface area contributed by atoms with Crippen molar-refractivity contribution in [3.63, 3.8) is 0 Å². The first-order chi connectivity index (χ1) is 17.6. The summed E-state index contributed by atoms with van der Waals surface area (Å²) < 4.78 is 6.68. The highest BCUT2D eigenvalue weighted by atomic mass is 16.5. The molecule has 5 rings (SSSR count). The van der Waals surface area contributed by atoms with Crippen molar-refractivity contribution in [1.29, 1.82) is 0 Å². The van der Waals surface area contributed by atoms with Crippen LogP contribution in [0, 0.1) is 6.92 Å². The molecule has 2 aromatic carbocycles. The Bertz CT molecular complexity index is 1180. The molecule has 1 aromatic heterocycles. The van der Waals surface area contributed by atoms with E-state index in [0.717, 1.165) is 55.2 Å². The van der Waals surface area contributed by atoms with Crippen LogP contribution in [0.5, 0.6) is 5.88 Å². The molecule has 1 atom stereocenters. The van der Waals surface area contributed by atoms with E-state index in [0.29, 0.717) is 6.04 Å². The average molecular weight is 484 g/mol. The van der Waals surface area contributed by atoms with Crippen molar-refractivity contribution >= 4 is 0 Å². The monoisotopic (exact) mass is 483 g/mol. The summed E-state index contributed by atoms with van der Waals surface area (Å²) in [4.78, 5) is 12.8. The Morgan fingerprint density at radius 1 is 0.889 bits per heavy atom. The Balaban J connectivity index is 1.53. The van der Waals surface area contributed by atoms with Gasteiger partial charge in [-0.15, -0.1) is 0 Å². The minimum Gasteiger partial charge on any atom is -0.474 e. The number of aromatic nitrogens is 2. The molecule has 0 bridgehead atoms. The summed E-state index contributed by atoms with van der Waals surface area (Å²) in [5.74, 6) is 1.62. The van der Waals surface area contributed by atoms with Gasteiger partial charge in [0, 0.05) is 29.4 Å². The van der Waals surface area contributed by atoms with Gasteiger partial charge in [-0.3, -0.25) is 4.90 Å². The fraction of sp³-hybridized carbons (Fsp3) is 0.500. The van der Waals surface area contributed by atoms with Crippen LogP contribution in [0.4, 0.5) is 0 Å². The van der Waals surface area contributed by atoms with Crippen molar-refractivity contribution in [2.24, 2.45) is 0 Å². The number of benzene rings is 2. The van der Waals surface area contributed by atoms with Gasteiger partial charge in [0.1, 0.15) is 6.10 Å². The number of rotatable bonds is 8. The van der Waals surface area contributed by atoms with Gasteiger partial charge in [0.25, 0.3) is 0 Å². The average Bonchev–Trinajstić information content (AvgIpc) is 3.42. The molecule has 0 radical (unpaired) electrons. The molecule has 1 heterocycles. The first kappa shape index (κ1) is 25.0. The zero-order chi connectivity index (χ0) is 25.1. The van der Waals surface area contributed by atoms with Crippen molar-refractivity contribution < 1.29 is 4.74 Å². The fourth-order valence-corrected chi connectivity index (χ4v) is 6.20. The van der Waals surface area contributed by atoms with Gasteiger partial charge in [-0.1, -0.05) is 56.3 Å². The van der Waals surface area contributed by atoms with E-state index in [1.807, 2.05) is 0 Å². The molecule has 1 fully saturated rings. The lowest BCUT2D eigenvalue weighted by atomic mass is 9.87. The molecule has 0 N–H and O–H groups in total. The third kappa shape index (κ3) is 5.06. The van der Waals surface area contributed by atoms with Gasteiger partial charge >= 0.3 is 0 Å². The predicted molar refractivity (Wildman–Crippen MR) is 147 cm³/mol. The molecule has 1 saturated carbocycles. The van der Waals surface area contributed by atoms with E-state index >= 15 is 0 Å². The number of hydrogen-bond acceptors (Lipinski definition) is 4. The standard InChI is InChI=1S/C32H41N3O/c1-5-23-14-11-15-24(6-2)30(23)31-33-22(3)28(32(34-31)36-26-17-8-9-18-26)21-35(4)29-20-12-16-25-13-7-10-19-27(25)29/h7,10-11,13-15,19,26,29H,5-6,8-9,12,16-18,20-21H2,1-4H3. The summed E-state index contributed by atoms with van der Waals surface area (Å²) in [6.45, 7) is 7.37. The maximum Gasteiger partial charge on any atom is 0.222 e. The predicted octanol–water partition coefficient (Wildman–Crippen LogP) is 7.41. The Kier molecular flexibility index (Phi) is 7.71. The molecular weight excluding hydrogens is 442 g/mol. The molecule has 1 unspecified atom stereocenters. The van der Waals surface area contributed by atoms with E-state index in [1.54, 1.807) is 0 Å². The second kappa shape index (κ2) is 11.1. The Morgan fingerprint density at radius 2 is 1.61 bits per heavy atom. The third-order valence-corrected chi connectivity index (χ3v) is 8.26. The van der Waals surface area contributed by atoms with Gasteiger partial charge in [0.15, 0.2) is 5.82 Å². The largest absolute Gasteiger partial charge is 0.474 e. The van der Waals surface area contributed by atoms with Crippen LogP contribution in [0.1, 0.15) is 91.9 Å². The highest BCUT2D eigenvalue weighted by Crippen LogP contribution is 2.37. The van der Waals surface area contributed by atoms with Crippen LogP contribution in [0.3, 0.4) is 0 Å². The zero-order valence-electron chi connectivity index (χ0n) is 22.5. The topological polar surface area (TPSA) is 38.2 Å². The summed E-state index contributed by atoms with van der Waals surface area (Å²) >= 11 is 0. The molecule has 36 heavy (non-hydrogen) atoms. The van der Waals surface area contributed by atoms with Gasteiger partial charge in [0.05, 0.1) is 0 Å². The SMILES string of the molecule is CCc1cccc(CC)c1-c1nc(C)c(CN(C)C2CCCc3ccccc32)c(OC2CCCC2)n1. The fourth-order valence-electron chi connectivity index (χ4n) is 6.20. The highest BCUT2D eigenvalue weighted by Gasteiger charge is 2.27. The lowest BCUT2D eigenvalue weighted by Gasteiger charge is -2.34. The summed E-state index contributed by atoms with van der Waals surface area (Å²) in [5.41, 5.74) is 8.97. The zero-order valence-corrected chi connectivity index (χ0v) is 22.5. The van der Waals surface area contributed by atoms with Crippen LogP contribution in [-0.4, -0.2) is 28.0 Å². The smallest absolute Gasteiger partial charge is 0.222 e. The van der Waals surface area contributed by atoms with Crippen LogP contribution in [0.15, 0.2) is 42.5 Å². The summed E-state index contributed by atoms with van der Waals surface area (Å²) in [6.07, 6.45) is 10.5. The Hall–Kier alpha value is -2.72. The first-order valence-corrected chi connectivity index (χ1v) is 14.0. The van der Waals surface area contributed by atoms with Crippen molar-refractivity contribution in [2.75, 3.05) is 7.05 Å². The van der Waals surface area contributed by atoms with Crippen LogP contribution in [0.2, 0.25) is 0 Å². The number of nitrogens with zero attached hydrogens (tertiary/aromatic N) is 3. The third-order valence-electron chi connectivity index (χ3n) is 8.26. The lowest BCUT2D eigenvalue weighted by molar-refractivity contribution is 0.183. The minimum absolute atomic E-state index is 0.263. The van der Waals surface area contributed by atoms with Gasteiger partial charge in [-0.25, -0.2) is 4.98 Å². The van der Waals surface area contributed by atoms with Crippen molar-refractivity contribution in [1.82, 2.24) is 14.9 Å². The normalized spacial score (nSPS) is 18.0. The van der Waals surface area contributed by atoms with Crippen LogP contribution in [0.25, 0.3) is 11.4 Å². The summed E-state index contributed by atoms with van der Waals surface area (Å²) in [6, 6.07) is 16.0. The molecule has 0 saturated heterocycles. The van der Waals surface area contributed by atoms with E-state index in [2.05, 4.69) is 75.2 Å². The molecule has 4 heteroatoms. The number of ether oxygens (including phenoxy) is 1. The van der Waals surface area contributed by atoms with Crippen molar-refractivity contribution in [2.45, 2.75) is 97.2 Å². The molecule has 2 aliphatic rings. The van der Waals surface area contributed by atoms with Gasteiger partial charge < -0.3 is 4.74 Å². The van der Waals surface area contributed by atoms with Gasteiger partial charge in [0.2, 0.25) is 5.88 Å². The second-order valence-corrected chi connectivity index (χ2v) is 10.6. The Morgan fingerprint density at radius 3 is 2.33 bits per heavy atom. The molecule has 0 aliphatic heterocycles. The van der Waals surface area contributed by atoms with Crippen LogP contribution in [-0.2, 0) is 25.8 Å². The Labute approximate surface area is 217 Å². The van der Waals surface area contributed by atoms with E-state index in [9.17, 15) is 0 Å². The van der Waals surface area contributed by atoms with Crippen LogP contribution < -0.4 is 4.74 Å². The van der Waals surface area contributed by atoms with E-state index in [1.165, 1.54) is 59.9 Å². The number of fused-ring (bicyclic) bond motifs is 1. The molecule has 0 spiro atoms. The number of aryl methyl sites for hydroxylation is 4. The highest BCUT2D eigenvalue weighted by molar-refractivity contribution is 5.66. The summed E-state index contributed by atoms with van der Waals surface area (Å²) in [5, 5.41) is 0. The molecule has 3 aromatic rings. The van der Waals surface area contributed by atoms with E-state index in [4.69, 9.17) is 14.7 Å². The lowest BCUT2D eigenvalue weighted by Crippen LogP contribution is -2.28. The van der Waals surface area contributed by atoms with Crippen LogP contribution >= 0.6 is 0 Å². The maximum absolute atomic E-state index is 6.68. The van der Waals surface area contributed by atoms with E-state index in [-0.39, 0.29) is 6.10 Å². The van der Waals surface area contributed by atoms with Gasteiger partial charge in [-0.05, 0) is 94.0 Å². The molecule has 0 amide bonds. The molecule has 2 aliphatic carbocycles. The molecular formula is C32H41N3O. The summed E-state index contributed by atoms with van der Waals surface area (Å²) in [7, 11) is 2.25. The van der Waals surface area contributed by atoms with Crippen molar-refractivity contribution in [3.8, 4) is 17.3 Å². The first-order valence-electron chi connectivity index (χ1n) is 14.0. The number of hydrogen-bond donors (Lipinski definition) is 0. The van der Waals surface area contributed by atoms with E-state index < -0.39 is 0 Å². The molecule has 190 valence electrons. The minimum atomic E-state index is 0.263. The maximum atomic E-state index is 6.68. The molecule has 4 nitrogen and oxygen atoms in total. The van der Waals surface area contributed by atoms with Gasteiger partial charge in [-0.2, -0.15) is 4.98 Å². The second-order valence-electron chi connectivity index (χ2n) is 10.6.